The Kier molecular flexibility index (Phi) is 3.38. The number of fused-ring (bicyclic) bond motifs is 3. The van der Waals surface area contributed by atoms with Gasteiger partial charge in [0.15, 0.2) is 0 Å². The normalized spacial score (nSPS) is 58.7. The molecule has 3 N–H and O–H groups in total. The molecule has 0 aromatic carbocycles. The molecule has 0 amide bonds. The first-order valence-electron chi connectivity index (χ1n) is 9.45. The SMILES string of the molecule is C=C1C2CCC3C4(C)CCC(O)C(C)(CO)C4CCC3(C2)C1O. The summed E-state index contributed by atoms with van der Waals surface area (Å²) in [6.07, 6.45) is 6.52. The zero-order valence-electron chi connectivity index (χ0n) is 14.6. The maximum atomic E-state index is 11.0. The van der Waals surface area contributed by atoms with Crippen molar-refractivity contribution in [2.45, 2.75) is 71.0 Å². The van der Waals surface area contributed by atoms with Gasteiger partial charge < -0.3 is 15.3 Å². The minimum Gasteiger partial charge on any atom is -0.396 e. The summed E-state index contributed by atoms with van der Waals surface area (Å²) in [4.78, 5) is 0. The predicted molar refractivity (Wildman–Crippen MR) is 89.7 cm³/mol. The molecule has 0 aromatic rings. The van der Waals surface area contributed by atoms with E-state index < -0.39 is 11.5 Å². The smallest absolute Gasteiger partial charge is 0.0809 e. The van der Waals surface area contributed by atoms with Crippen LogP contribution in [0.25, 0.3) is 0 Å². The molecule has 0 aliphatic heterocycles. The van der Waals surface area contributed by atoms with Gasteiger partial charge in [0.1, 0.15) is 0 Å². The largest absolute Gasteiger partial charge is 0.396 e. The van der Waals surface area contributed by atoms with E-state index in [0.717, 1.165) is 44.1 Å². The van der Waals surface area contributed by atoms with Gasteiger partial charge in [0.05, 0.1) is 18.8 Å². The van der Waals surface area contributed by atoms with Crippen LogP contribution in [-0.2, 0) is 0 Å². The zero-order chi connectivity index (χ0) is 16.6. The fourth-order valence-corrected chi connectivity index (χ4v) is 7.61. The van der Waals surface area contributed by atoms with E-state index in [1.807, 2.05) is 0 Å². The van der Waals surface area contributed by atoms with Crippen LogP contribution in [-0.4, -0.2) is 34.1 Å². The molecular weight excluding hydrogens is 288 g/mol. The number of rotatable bonds is 1. The third kappa shape index (κ3) is 1.77. The lowest BCUT2D eigenvalue weighted by Crippen LogP contribution is -2.62. The first-order chi connectivity index (χ1) is 10.8. The van der Waals surface area contributed by atoms with Crippen LogP contribution in [0.4, 0.5) is 0 Å². The standard InChI is InChI=1S/C20H32O3/c1-12-13-4-5-15-18(2)8-7-16(22)19(3,11-21)14(18)6-9-20(15,10-13)17(12)23/h13-17,21-23H,1,4-11H2,2-3H3. The van der Waals surface area contributed by atoms with E-state index in [4.69, 9.17) is 0 Å². The molecule has 0 aromatic heterocycles. The molecule has 8 atom stereocenters. The van der Waals surface area contributed by atoms with Crippen molar-refractivity contribution in [3.63, 3.8) is 0 Å². The lowest BCUT2D eigenvalue weighted by molar-refractivity contribution is -0.209. The second kappa shape index (κ2) is 4.83. The average Bonchev–Trinajstić information content (AvgIpc) is 2.72. The predicted octanol–water partition coefficient (Wildman–Crippen LogP) is 2.89. The van der Waals surface area contributed by atoms with Crippen LogP contribution in [0.15, 0.2) is 12.2 Å². The third-order valence-electron chi connectivity index (χ3n) is 8.89. The van der Waals surface area contributed by atoms with Gasteiger partial charge in [0, 0.05) is 10.8 Å². The van der Waals surface area contributed by atoms with E-state index in [-0.39, 0.29) is 23.5 Å². The van der Waals surface area contributed by atoms with Gasteiger partial charge in [0.2, 0.25) is 0 Å². The number of hydrogen-bond acceptors (Lipinski definition) is 3. The van der Waals surface area contributed by atoms with E-state index in [1.165, 1.54) is 6.42 Å². The third-order valence-corrected chi connectivity index (χ3v) is 8.89. The summed E-state index contributed by atoms with van der Waals surface area (Å²) in [6.45, 7) is 8.74. The minimum absolute atomic E-state index is 0.0178. The molecule has 130 valence electrons. The molecule has 2 bridgehead atoms. The van der Waals surface area contributed by atoms with Gasteiger partial charge in [-0.2, -0.15) is 0 Å². The minimum atomic E-state index is -0.403. The van der Waals surface area contributed by atoms with Crippen molar-refractivity contribution < 1.29 is 15.3 Å². The Balaban J connectivity index is 1.77. The highest BCUT2D eigenvalue weighted by atomic mass is 16.3. The highest BCUT2D eigenvalue weighted by molar-refractivity contribution is 5.27. The fourth-order valence-electron chi connectivity index (χ4n) is 7.61. The second-order valence-electron chi connectivity index (χ2n) is 9.56. The maximum Gasteiger partial charge on any atom is 0.0809 e. The van der Waals surface area contributed by atoms with Gasteiger partial charge in [-0.1, -0.05) is 20.4 Å². The van der Waals surface area contributed by atoms with E-state index in [1.54, 1.807) is 0 Å². The molecular formula is C20H32O3. The maximum absolute atomic E-state index is 11.0. The Hall–Kier alpha value is -0.380. The van der Waals surface area contributed by atoms with Gasteiger partial charge >= 0.3 is 0 Å². The Morgan fingerprint density at radius 1 is 1.04 bits per heavy atom. The second-order valence-corrected chi connectivity index (χ2v) is 9.56. The summed E-state index contributed by atoms with van der Waals surface area (Å²) >= 11 is 0. The molecule has 23 heavy (non-hydrogen) atoms. The van der Waals surface area contributed by atoms with Crippen LogP contribution in [0.2, 0.25) is 0 Å². The zero-order valence-corrected chi connectivity index (χ0v) is 14.6. The van der Waals surface area contributed by atoms with Crippen LogP contribution in [0.3, 0.4) is 0 Å². The van der Waals surface area contributed by atoms with Crippen LogP contribution < -0.4 is 0 Å². The summed E-state index contributed by atoms with van der Waals surface area (Å²) in [5.74, 6) is 1.36. The topological polar surface area (TPSA) is 60.7 Å². The molecule has 1 spiro atoms. The van der Waals surface area contributed by atoms with E-state index >= 15 is 0 Å². The van der Waals surface area contributed by atoms with Crippen LogP contribution in [0, 0.1) is 34.0 Å². The molecule has 8 unspecified atom stereocenters. The van der Waals surface area contributed by atoms with Gasteiger partial charge in [-0.3, -0.25) is 0 Å². The van der Waals surface area contributed by atoms with Crippen molar-refractivity contribution >= 4 is 0 Å². The Morgan fingerprint density at radius 2 is 1.78 bits per heavy atom. The highest BCUT2D eigenvalue weighted by Gasteiger charge is 2.67. The molecule has 4 fully saturated rings. The first kappa shape index (κ1) is 16.1. The summed E-state index contributed by atoms with van der Waals surface area (Å²) < 4.78 is 0. The molecule has 4 saturated carbocycles. The highest BCUT2D eigenvalue weighted by Crippen LogP contribution is 2.71. The molecule has 0 saturated heterocycles. The molecule has 3 heteroatoms. The summed E-state index contributed by atoms with van der Waals surface area (Å²) in [5, 5.41) is 31.6. The molecule has 4 aliphatic rings. The van der Waals surface area contributed by atoms with Crippen LogP contribution in [0.1, 0.15) is 58.8 Å². The van der Waals surface area contributed by atoms with Gasteiger partial charge in [-0.15, -0.1) is 0 Å². The Labute approximate surface area is 139 Å². The monoisotopic (exact) mass is 320 g/mol. The van der Waals surface area contributed by atoms with Crippen molar-refractivity contribution in [1.29, 1.82) is 0 Å². The lowest BCUT2D eigenvalue weighted by atomic mass is 9.40. The van der Waals surface area contributed by atoms with E-state index in [2.05, 4.69) is 20.4 Å². The van der Waals surface area contributed by atoms with Gasteiger partial charge in [-0.25, -0.2) is 0 Å². The van der Waals surface area contributed by atoms with Crippen molar-refractivity contribution in [1.82, 2.24) is 0 Å². The summed E-state index contributed by atoms with van der Waals surface area (Å²) in [6, 6.07) is 0. The first-order valence-corrected chi connectivity index (χ1v) is 9.45. The van der Waals surface area contributed by atoms with Gasteiger partial charge in [0.25, 0.3) is 0 Å². The van der Waals surface area contributed by atoms with E-state index in [0.29, 0.717) is 17.8 Å². The molecule has 0 radical (unpaired) electrons. The molecule has 4 aliphatic carbocycles. The number of aliphatic hydroxyl groups excluding tert-OH is 3. The number of hydrogen-bond donors (Lipinski definition) is 3. The summed E-state index contributed by atoms with van der Waals surface area (Å²) in [5.41, 5.74) is 0.817. The van der Waals surface area contributed by atoms with E-state index in [9.17, 15) is 15.3 Å². The van der Waals surface area contributed by atoms with Gasteiger partial charge in [-0.05, 0) is 73.7 Å². The van der Waals surface area contributed by atoms with Crippen molar-refractivity contribution in [2.75, 3.05) is 6.61 Å². The molecule has 4 rings (SSSR count). The van der Waals surface area contributed by atoms with Crippen molar-refractivity contribution in [2.24, 2.45) is 34.0 Å². The molecule has 0 heterocycles. The Morgan fingerprint density at radius 3 is 2.48 bits per heavy atom. The lowest BCUT2D eigenvalue weighted by Gasteiger charge is -2.65. The van der Waals surface area contributed by atoms with Crippen molar-refractivity contribution in [3.05, 3.63) is 12.2 Å². The Bertz CT molecular complexity index is 531. The average molecular weight is 320 g/mol. The number of aliphatic hydroxyl groups is 3. The van der Waals surface area contributed by atoms with Crippen molar-refractivity contribution in [3.8, 4) is 0 Å². The molecule has 3 nitrogen and oxygen atoms in total. The summed E-state index contributed by atoms with van der Waals surface area (Å²) in [7, 11) is 0. The quantitative estimate of drug-likeness (QED) is 0.651. The fraction of sp³-hybridized carbons (Fsp3) is 0.900. The van der Waals surface area contributed by atoms with Crippen LogP contribution >= 0.6 is 0 Å². The van der Waals surface area contributed by atoms with Crippen LogP contribution in [0.5, 0.6) is 0 Å².